The van der Waals surface area contributed by atoms with Gasteiger partial charge >= 0.3 is 0 Å². The highest BCUT2D eigenvalue weighted by Gasteiger charge is 2.18. The van der Waals surface area contributed by atoms with Crippen molar-refractivity contribution in [2.24, 2.45) is 0 Å². The first kappa shape index (κ1) is 22.1. The molecule has 0 unspecified atom stereocenters. The standard InChI is InChI=1S/C26H26FN5O2/c27-23-3-1-2-20(14-23)17-30-10-12-31(13-11-30)24-15-22-8-9-32(25(22)28-16-24)18-19-4-6-21(7-5-19)26(33)29-34/h1-9,14-16,34H,10-13,17-18H2,(H,29,33). The summed E-state index contributed by atoms with van der Waals surface area (Å²) in [6, 6.07) is 18.2. The van der Waals surface area contributed by atoms with Crippen molar-refractivity contribution in [3.05, 3.63) is 95.6 Å². The van der Waals surface area contributed by atoms with Crippen molar-refractivity contribution in [3.63, 3.8) is 0 Å². The molecule has 2 N–H and O–H groups in total. The summed E-state index contributed by atoms with van der Waals surface area (Å²) in [6.45, 7) is 5.03. The lowest BCUT2D eigenvalue weighted by molar-refractivity contribution is 0.0706. The Morgan fingerprint density at radius 2 is 1.76 bits per heavy atom. The van der Waals surface area contributed by atoms with Gasteiger partial charge in [-0.05, 0) is 47.5 Å². The minimum atomic E-state index is -0.526. The Bertz CT molecular complexity index is 1300. The average Bonchev–Trinajstić information content (AvgIpc) is 3.26. The predicted octanol–water partition coefficient (Wildman–Crippen LogP) is 3.66. The lowest BCUT2D eigenvalue weighted by Crippen LogP contribution is -2.46. The van der Waals surface area contributed by atoms with E-state index in [-0.39, 0.29) is 5.82 Å². The van der Waals surface area contributed by atoms with Gasteiger partial charge in [0.1, 0.15) is 11.5 Å². The van der Waals surface area contributed by atoms with Crippen molar-refractivity contribution in [3.8, 4) is 0 Å². The van der Waals surface area contributed by atoms with E-state index in [4.69, 9.17) is 10.2 Å². The van der Waals surface area contributed by atoms with Gasteiger partial charge in [-0.15, -0.1) is 0 Å². The van der Waals surface area contributed by atoms with Gasteiger partial charge in [-0.2, -0.15) is 0 Å². The topological polar surface area (TPSA) is 73.6 Å². The molecule has 0 radical (unpaired) electrons. The molecule has 4 aromatic rings. The number of nitrogens with zero attached hydrogens (tertiary/aromatic N) is 4. The molecule has 2 aromatic carbocycles. The zero-order valence-corrected chi connectivity index (χ0v) is 18.7. The van der Waals surface area contributed by atoms with E-state index in [1.165, 1.54) is 6.07 Å². The van der Waals surface area contributed by atoms with Crippen LogP contribution in [0.4, 0.5) is 10.1 Å². The molecule has 174 valence electrons. The smallest absolute Gasteiger partial charge is 0.274 e. The van der Waals surface area contributed by atoms with Crippen LogP contribution in [-0.4, -0.2) is 51.7 Å². The molecule has 0 bridgehead atoms. The molecule has 1 fully saturated rings. The number of carbonyl (C=O) groups is 1. The van der Waals surface area contributed by atoms with E-state index in [1.54, 1.807) is 29.7 Å². The molecule has 0 atom stereocenters. The van der Waals surface area contributed by atoms with Gasteiger partial charge in [-0.1, -0.05) is 24.3 Å². The van der Waals surface area contributed by atoms with Crippen LogP contribution in [0.1, 0.15) is 21.5 Å². The van der Waals surface area contributed by atoms with E-state index in [1.807, 2.05) is 30.6 Å². The molecular formula is C26H26FN5O2. The Morgan fingerprint density at radius 1 is 0.971 bits per heavy atom. The maximum atomic E-state index is 13.5. The third-order valence-corrected chi connectivity index (χ3v) is 6.29. The summed E-state index contributed by atoms with van der Waals surface area (Å²) in [4.78, 5) is 20.9. The van der Waals surface area contributed by atoms with E-state index in [0.29, 0.717) is 12.1 Å². The third-order valence-electron chi connectivity index (χ3n) is 6.29. The maximum absolute atomic E-state index is 13.5. The molecular weight excluding hydrogens is 433 g/mol. The van der Waals surface area contributed by atoms with Crippen LogP contribution in [-0.2, 0) is 13.1 Å². The normalized spacial score (nSPS) is 14.5. The van der Waals surface area contributed by atoms with Crippen LogP contribution < -0.4 is 10.4 Å². The van der Waals surface area contributed by atoms with E-state index >= 15 is 0 Å². The van der Waals surface area contributed by atoms with Crippen molar-refractivity contribution >= 4 is 22.6 Å². The molecule has 8 heteroatoms. The Balaban J connectivity index is 1.23. The van der Waals surface area contributed by atoms with Gasteiger partial charge in [0, 0.05) is 56.4 Å². The first-order valence-electron chi connectivity index (χ1n) is 11.3. The molecule has 3 heterocycles. The van der Waals surface area contributed by atoms with Crippen LogP contribution in [0.25, 0.3) is 11.0 Å². The molecule has 0 saturated carbocycles. The minimum absolute atomic E-state index is 0.187. The number of anilines is 1. The van der Waals surface area contributed by atoms with Gasteiger partial charge in [-0.25, -0.2) is 14.9 Å². The summed E-state index contributed by atoms with van der Waals surface area (Å²) in [6.07, 6.45) is 3.95. The summed E-state index contributed by atoms with van der Waals surface area (Å²) in [7, 11) is 0. The summed E-state index contributed by atoms with van der Waals surface area (Å²) in [5, 5.41) is 9.83. The molecule has 1 aliphatic heterocycles. The van der Waals surface area contributed by atoms with E-state index < -0.39 is 5.91 Å². The molecule has 1 aliphatic rings. The van der Waals surface area contributed by atoms with Gasteiger partial charge in [0.25, 0.3) is 5.91 Å². The first-order valence-corrected chi connectivity index (χ1v) is 11.3. The number of pyridine rings is 1. The van der Waals surface area contributed by atoms with Crippen LogP contribution in [0, 0.1) is 5.82 Å². The molecule has 0 aliphatic carbocycles. The second-order valence-corrected chi connectivity index (χ2v) is 8.58. The number of hydrogen-bond donors (Lipinski definition) is 2. The number of fused-ring (bicyclic) bond motifs is 1. The highest BCUT2D eigenvalue weighted by molar-refractivity contribution is 5.93. The number of aromatic nitrogens is 2. The van der Waals surface area contributed by atoms with Gasteiger partial charge < -0.3 is 9.47 Å². The molecule has 0 spiro atoms. The fourth-order valence-corrected chi connectivity index (χ4v) is 4.45. The Hall–Kier alpha value is -3.75. The zero-order chi connectivity index (χ0) is 23.5. The van der Waals surface area contributed by atoms with Crippen LogP contribution in [0.3, 0.4) is 0 Å². The number of hydroxylamine groups is 1. The van der Waals surface area contributed by atoms with Crippen molar-refractivity contribution in [1.29, 1.82) is 0 Å². The number of amides is 1. The molecule has 2 aromatic heterocycles. The first-order chi connectivity index (χ1) is 16.6. The molecule has 34 heavy (non-hydrogen) atoms. The molecule has 1 saturated heterocycles. The highest BCUT2D eigenvalue weighted by Crippen LogP contribution is 2.23. The average molecular weight is 460 g/mol. The summed E-state index contributed by atoms with van der Waals surface area (Å²) >= 11 is 0. The predicted molar refractivity (Wildman–Crippen MR) is 128 cm³/mol. The number of carbonyl (C=O) groups excluding carboxylic acids is 1. The molecule has 5 rings (SSSR count). The summed E-state index contributed by atoms with van der Waals surface area (Å²) < 4.78 is 15.5. The summed E-state index contributed by atoms with van der Waals surface area (Å²) in [5.74, 6) is -0.712. The third kappa shape index (κ3) is 4.78. The van der Waals surface area contributed by atoms with E-state index in [9.17, 15) is 9.18 Å². The SMILES string of the molecule is O=C(NO)c1ccc(Cn2ccc3cc(N4CCN(Cc5cccc(F)c5)CC4)cnc32)cc1. The number of nitrogens with one attached hydrogen (secondary N) is 1. The number of hydrogen-bond acceptors (Lipinski definition) is 5. The van der Waals surface area contributed by atoms with Gasteiger partial charge in [-0.3, -0.25) is 14.9 Å². The largest absolute Gasteiger partial charge is 0.368 e. The lowest BCUT2D eigenvalue weighted by atomic mass is 10.1. The monoisotopic (exact) mass is 459 g/mol. The number of benzene rings is 2. The fraction of sp³-hybridized carbons (Fsp3) is 0.231. The van der Waals surface area contributed by atoms with Crippen LogP contribution in [0.15, 0.2) is 73.1 Å². The quantitative estimate of drug-likeness (QED) is 0.340. The maximum Gasteiger partial charge on any atom is 0.274 e. The van der Waals surface area contributed by atoms with Crippen LogP contribution >= 0.6 is 0 Å². The lowest BCUT2D eigenvalue weighted by Gasteiger charge is -2.36. The Kier molecular flexibility index (Phi) is 6.24. The van der Waals surface area contributed by atoms with E-state index in [0.717, 1.165) is 60.6 Å². The van der Waals surface area contributed by atoms with Crippen LogP contribution in [0.5, 0.6) is 0 Å². The fourth-order valence-electron chi connectivity index (χ4n) is 4.45. The number of piperazine rings is 1. The minimum Gasteiger partial charge on any atom is -0.368 e. The van der Waals surface area contributed by atoms with Crippen molar-refractivity contribution in [2.75, 3.05) is 31.1 Å². The number of halogens is 1. The Morgan fingerprint density at radius 3 is 2.50 bits per heavy atom. The summed E-state index contributed by atoms with van der Waals surface area (Å²) in [5.41, 5.74) is 6.10. The molecule has 7 nitrogen and oxygen atoms in total. The number of rotatable bonds is 6. The van der Waals surface area contributed by atoms with Crippen molar-refractivity contribution < 1.29 is 14.4 Å². The van der Waals surface area contributed by atoms with Gasteiger partial charge in [0.15, 0.2) is 0 Å². The van der Waals surface area contributed by atoms with Gasteiger partial charge in [0.2, 0.25) is 0 Å². The van der Waals surface area contributed by atoms with Crippen molar-refractivity contribution in [1.82, 2.24) is 19.9 Å². The zero-order valence-electron chi connectivity index (χ0n) is 18.7. The Labute approximate surface area is 197 Å². The van der Waals surface area contributed by atoms with Crippen molar-refractivity contribution in [2.45, 2.75) is 13.1 Å². The van der Waals surface area contributed by atoms with E-state index in [2.05, 4.69) is 26.5 Å². The van der Waals surface area contributed by atoms with Crippen LogP contribution in [0.2, 0.25) is 0 Å². The highest BCUT2D eigenvalue weighted by atomic mass is 19.1. The molecule has 1 amide bonds. The second-order valence-electron chi connectivity index (χ2n) is 8.58. The second kappa shape index (κ2) is 9.62. The van der Waals surface area contributed by atoms with Gasteiger partial charge in [0.05, 0.1) is 11.9 Å².